The maximum absolute atomic E-state index is 12.6. The van der Waals surface area contributed by atoms with Gasteiger partial charge in [0.25, 0.3) is 5.56 Å². The molecule has 1 aromatic heterocycles. The van der Waals surface area contributed by atoms with E-state index in [-0.39, 0.29) is 30.3 Å². The second-order valence-electron chi connectivity index (χ2n) is 7.32. The maximum atomic E-state index is 12.6. The van der Waals surface area contributed by atoms with Crippen LogP contribution in [0.5, 0.6) is 0 Å². The van der Waals surface area contributed by atoms with Crippen LogP contribution in [0.4, 0.5) is 11.4 Å². The Morgan fingerprint density at radius 3 is 2.83 bits per heavy atom. The minimum absolute atomic E-state index is 0.0224. The van der Waals surface area contributed by atoms with Crippen LogP contribution in [0.25, 0.3) is 10.9 Å². The molecule has 0 saturated carbocycles. The molecule has 7 nitrogen and oxygen atoms in total. The zero-order chi connectivity index (χ0) is 21.3. The Bertz CT molecular complexity index is 1200. The van der Waals surface area contributed by atoms with Crippen LogP contribution < -0.4 is 15.8 Å². The third-order valence-electron chi connectivity index (χ3n) is 5.23. The van der Waals surface area contributed by atoms with Gasteiger partial charge in [0.2, 0.25) is 11.8 Å². The largest absolute Gasteiger partial charge is 0.326 e. The number of halogens is 1. The predicted molar refractivity (Wildman–Crippen MR) is 120 cm³/mol. The van der Waals surface area contributed by atoms with E-state index in [2.05, 4.69) is 26.2 Å². The number of nitrogens with zero attached hydrogens (tertiary/aromatic N) is 3. The normalized spacial score (nSPS) is 13.2. The van der Waals surface area contributed by atoms with Crippen LogP contribution in [0.1, 0.15) is 25.3 Å². The summed E-state index contributed by atoms with van der Waals surface area (Å²) in [6.07, 6.45) is 3.40. The summed E-state index contributed by atoms with van der Waals surface area (Å²) in [4.78, 5) is 42.9. The van der Waals surface area contributed by atoms with E-state index in [1.54, 1.807) is 30.0 Å². The molecule has 8 heteroatoms. The van der Waals surface area contributed by atoms with E-state index in [1.807, 2.05) is 18.2 Å². The van der Waals surface area contributed by atoms with Crippen molar-refractivity contribution in [1.82, 2.24) is 9.55 Å². The standard InChI is InChI=1S/C22H21BrN4O3/c1-14(28)27-9-2-3-15-11-17(5-7-20(15)27)25-21(29)8-10-26-13-24-19-6-4-16(23)12-18(19)22(26)30/h4-7,11-13H,2-3,8-10H2,1H3,(H,25,29). The van der Waals surface area contributed by atoms with Gasteiger partial charge in [-0.25, -0.2) is 4.98 Å². The number of aryl methyl sites for hydroxylation is 2. The van der Waals surface area contributed by atoms with Gasteiger partial charge in [0, 0.05) is 42.3 Å². The molecule has 0 atom stereocenters. The lowest BCUT2D eigenvalue weighted by Gasteiger charge is -2.29. The van der Waals surface area contributed by atoms with E-state index < -0.39 is 0 Å². The van der Waals surface area contributed by atoms with Crippen molar-refractivity contribution in [3.63, 3.8) is 0 Å². The zero-order valence-corrected chi connectivity index (χ0v) is 18.1. The van der Waals surface area contributed by atoms with E-state index in [0.717, 1.165) is 35.1 Å². The molecule has 1 N–H and O–H groups in total. The van der Waals surface area contributed by atoms with Crippen molar-refractivity contribution >= 4 is 50.0 Å². The van der Waals surface area contributed by atoms with Gasteiger partial charge in [-0.15, -0.1) is 0 Å². The summed E-state index contributed by atoms with van der Waals surface area (Å²) in [5.41, 5.74) is 3.10. The number of carbonyl (C=O) groups is 2. The number of hydrogen-bond acceptors (Lipinski definition) is 4. The Kier molecular flexibility index (Phi) is 5.67. The Hall–Kier alpha value is -3.00. The Balaban J connectivity index is 1.44. The number of nitrogens with one attached hydrogen (secondary N) is 1. The minimum Gasteiger partial charge on any atom is -0.326 e. The van der Waals surface area contributed by atoms with Gasteiger partial charge in [0.1, 0.15) is 0 Å². The van der Waals surface area contributed by atoms with Crippen LogP contribution in [0, 0.1) is 0 Å². The molecule has 0 bridgehead atoms. The lowest BCUT2D eigenvalue weighted by Crippen LogP contribution is -2.33. The van der Waals surface area contributed by atoms with Crippen molar-refractivity contribution in [3.05, 3.63) is 63.1 Å². The zero-order valence-electron chi connectivity index (χ0n) is 16.5. The third-order valence-corrected chi connectivity index (χ3v) is 5.72. The molecule has 0 unspecified atom stereocenters. The molecule has 4 rings (SSSR count). The van der Waals surface area contributed by atoms with Gasteiger partial charge in [-0.05, 0) is 54.8 Å². The summed E-state index contributed by atoms with van der Waals surface area (Å²) in [6.45, 7) is 2.52. The van der Waals surface area contributed by atoms with Crippen LogP contribution in [0.2, 0.25) is 0 Å². The Labute approximate surface area is 181 Å². The van der Waals surface area contributed by atoms with E-state index in [1.165, 1.54) is 10.9 Å². The van der Waals surface area contributed by atoms with Gasteiger partial charge in [-0.2, -0.15) is 0 Å². The second-order valence-corrected chi connectivity index (χ2v) is 8.24. The first-order chi connectivity index (χ1) is 14.4. The summed E-state index contributed by atoms with van der Waals surface area (Å²) >= 11 is 3.37. The molecule has 2 aromatic carbocycles. The average Bonchev–Trinajstić information content (AvgIpc) is 2.73. The summed E-state index contributed by atoms with van der Waals surface area (Å²) in [7, 11) is 0. The molecule has 2 heterocycles. The predicted octanol–water partition coefficient (Wildman–Crippen LogP) is 3.49. The molecular formula is C22H21BrN4O3. The van der Waals surface area contributed by atoms with Crippen molar-refractivity contribution < 1.29 is 9.59 Å². The van der Waals surface area contributed by atoms with Crippen LogP contribution >= 0.6 is 15.9 Å². The molecule has 30 heavy (non-hydrogen) atoms. The molecule has 0 radical (unpaired) electrons. The molecule has 0 spiro atoms. The molecule has 2 amide bonds. The SMILES string of the molecule is CC(=O)N1CCCc2cc(NC(=O)CCn3cnc4ccc(Br)cc4c3=O)ccc21. The number of hydrogen-bond donors (Lipinski definition) is 1. The summed E-state index contributed by atoms with van der Waals surface area (Å²) in [5.74, 6) is -0.162. The van der Waals surface area contributed by atoms with Crippen molar-refractivity contribution in [1.29, 1.82) is 0 Å². The number of benzene rings is 2. The number of anilines is 2. The highest BCUT2D eigenvalue weighted by Gasteiger charge is 2.20. The Morgan fingerprint density at radius 2 is 2.03 bits per heavy atom. The van der Waals surface area contributed by atoms with Crippen molar-refractivity contribution in [2.75, 3.05) is 16.8 Å². The van der Waals surface area contributed by atoms with Gasteiger partial charge in [-0.1, -0.05) is 15.9 Å². The number of fused-ring (bicyclic) bond motifs is 2. The molecule has 3 aromatic rings. The number of amides is 2. The quantitative estimate of drug-likeness (QED) is 0.634. The highest BCUT2D eigenvalue weighted by Crippen LogP contribution is 2.29. The van der Waals surface area contributed by atoms with Gasteiger partial charge in [0.05, 0.1) is 17.2 Å². The summed E-state index contributed by atoms with van der Waals surface area (Å²) < 4.78 is 2.26. The van der Waals surface area contributed by atoms with Crippen LogP contribution in [0.15, 0.2) is 52.0 Å². The summed E-state index contributed by atoms with van der Waals surface area (Å²) in [5, 5.41) is 3.40. The highest BCUT2D eigenvalue weighted by molar-refractivity contribution is 9.10. The molecule has 154 valence electrons. The van der Waals surface area contributed by atoms with Crippen molar-refractivity contribution in [2.24, 2.45) is 0 Å². The van der Waals surface area contributed by atoms with Gasteiger partial charge in [-0.3, -0.25) is 19.0 Å². The first-order valence-corrected chi connectivity index (χ1v) is 10.6. The van der Waals surface area contributed by atoms with Gasteiger partial charge in [0.15, 0.2) is 0 Å². The second kappa shape index (κ2) is 8.39. The van der Waals surface area contributed by atoms with Crippen LogP contribution in [-0.2, 0) is 22.6 Å². The molecule has 0 aliphatic carbocycles. The Morgan fingerprint density at radius 1 is 1.20 bits per heavy atom. The lowest BCUT2D eigenvalue weighted by molar-refractivity contribution is -0.117. The molecule has 0 saturated heterocycles. The van der Waals surface area contributed by atoms with E-state index in [9.17, 15) is 14.4 Å². The van der Waals surface area contributed by atoms with Gasteiger partial charge >= 0.3 is 0 Å². The first-order valence-electron chi connectivity index (χ1n) is 9.78. The fourth-order valence-electron chi connectivity index (χ4n) is 3.74. The maximum Gasteiger partial charge on any atom is 0.261 e. The number of carbonyl (C=O) groups excluding carboxylic acids is 2. The molecular weight excluding hydrogens is 448 g/mol. The van der Waals surface area contributed by atoms with E-state index in [0.29, 0.717) is 16.6 Å². The highest BCUT2D eigenvalue weighted by atomic mass is 79.9. The first kappa shape index (κ1) is 20.3. The molecule has 1 aliphatic heterocycles. The fourth-order valence-corrected chi connectivity index (χ4v) is 4.10. The summed E-state index contributed by atoms with van der Waals surface area (Å²) in [6, 6.07) is 10.9. The molecule has 0 fully saturated rings. The fraction of sp³-hybridized carbons (Fsp3) is 0.273. The van der Waals surface area contributed by atoms with Crippen LogP contribution in [0.3, 0.4) is 0 Å². The monoisotopic (exact) mass is 468 g/mol. The topological polar surface area (TPSA) is 84.3 Å². The molecule has 1 aliphatic rings. The lowest BCUT2D eigenvalue weighted by atomic mass is 10.0. The number of aromatic nitrogens is 2. The van der Waals surface area contributed by atoms with Gasteiger partial charge < -0.3 is 10.2 Å². The minimum atomic E-state index is -0.185. The van der Waals surface area contributed by atoms with Crippen molar-refractivity contribution in [2.45, 2.75) is 32.7 Å². The van der Waals surface area contributed by atoms with Crippen LogP contribution in [-0.4, -0.2) is 27.9 Å². The third kappa shape index (κ3) is 4.14. The number of rotatable bonds is 4. The van der Waals surface area contributed by atoms with E-state index in [4.69, 9.17) is 0 Å². The average molecular weight is 469 g/mol. The van der Waals surface area contributed by atoms with Crippen molar-refractivity contribution in [3.8, 4) is 0 Å². The smallest absolute Gasteiger partial charge is 0.261 e. The van der Waals surface area contributed by atoms with E-state index >= 15 is 0 Å².